The van der Waals surface area contributed by atoms with E-state index in [9.17, 15) is 0 Å². The van der Waals surface area contributed by atoms with Gasteiger partial charge in [-0.25, -0.2) is 0 Å². The van der Waals surface area contributed by atoms with Crippen molar-refractivity contribution < 1.29 is 0 Å². The summed E-state index contributed by atoms with van der Waals surface area (Å²) in [4.78, 5) is 0. The zero-order valence-electron chi connectivity index (χ0n) is 7.92. The minimum Gasteiger partial charge on any atom is -0.310 e. The standard InChI is InChI=1S/C12H16N/c1-2-5-12-11-7-4-3-6-10(11)8-9-13-12/h3-4,6-7,12-13H,1-2,5,8-9H2. The van der Waals surface area contributed by atoms with E-state index in [2.05, 4.69) is 36.5 Å². The molecule has 1 radical (unpaired) electrons. The molecule has 1 unspecified atom stereocenters. The van der Waals surface area contributed by atoms with Crippen LogP contribution in [0.1, 0.15) is 30.0 Å². The van der Waals surface area contributed by atoms with Crippen molar-refractivity contribution in [3.63, 3.8) is 0 Å². The van der Waals surface area contributed by atoms with Gasteiger partial charge in [-0.1, -0.05) is 37.6 Å². The molecule has 1 heterocycles. The topological polar surface area (TPSA) is 12.0 Å². The average molecular weight is 174 g/mol. The quantitative estimate of drug-likeness (QED) is 0.726. The molecule has 0 aromatic heterocycles. The first-order valence-corrected chi connectivity index (χ1v) is 5.02. The number of hydrogen-bond acceptors (Lipinski definition) is 1. The van der Waals surface area contributed by atoms with Gasteiger partial charge in [0.15, 0.2) is 0 Å². The van der Waals surface area contributed by atoms with Gasteiger partial charge in [-0.3, -0.25) is 0 Å². The average Bonchev–Trinajstić information content (AvgIpc) is 2.19. The summed E-state index contributed by atoms with van der Waals surface area (Å²) in [6, 6.07) is 9.28. The summed E-state index contributed by atoms with van der Waals surface area (Å²) in [6.07, 6.45) is 3.33. The highest BCUT2D eigenvalue weighted by atomic mass is 14.9. The zero-order chi connectivity index (χ0) is 9.10. The van der Waals surface area contributed by atoms with Crippen LogP contribution in [0.15, 0.2) is 24.3 Å². The molecule has 1 aromatic carbocycles. The first-order valence-electron chi connectivity index (χ1n) is 5.02. The molecule has 0 saturated carbocycles. The Morgan fingerprint density at radius 2 is 2.23 bits per heavy atom. The molecule has 0 spiro atoms. The molecule has 1 nitrogen and oxygen atoms in total. The van der Waals surface area contributed by atoms with Crippen LogP contribution < -0.4 is 5.32 Å². The third-order valence-corrected chi connectivity index (χ3v) is 2.71. The van der Waals surface area contributed by atoms with E-state index in [0.29, 0.717) is 6.04 Å². The fourth-order valence-corrected chi connectivity index (χ4v) is 2.05. The molecular weight excluding hydrogens is 158 g/mol. The summed E-state index contributed by atoms with van der Waals surface area (Å²) in [5, 5.41) is 3.54. The molecule has 2 rings (SSSR count). The lowest BCUT2D eigenvalue weighted by Crippen LogP contribution is -2.29. The summed E-state index contributed by atoms with van der Waals surface area (Å²) >= 11 is 0. The normalized spacial score (nSPS) is 21.2. The van der Waals surface area contributed by atoms with E-state index in [1.165, 1.54) is 17.5 Å². The lowest BCUT2D eigenvalue weighted by molar-refractivity contribution is 0.478. The number of hydrogen-bond donors (Lipinski definition) is 1. The molecule has 69 valence electrons. The number of rotatable bonds is 2. The molecule has 1 atom stereocenters. The minimum atomic E-state index is 0.544. The Hall–Kier alpha value is -0.820. The largest absolute Gasteiger partial charge is 0.310 e. The van der Waals surface area contributed by atoms with Crippen LogP contribution >= 0.6 is 0 Å². The maximum Gasteiger partial charge on any atom is 0.0323 e. The van der Waals surface area contributed by atoms with Crippen molar-refractivity contribution in [3.8, 4) is 0 Å². The van der Waals surface area contributed by atoms with Gasteiger partial charge in [-0.15, -0.1) is 0 Å². The predicted molar refractivity (Wildman–Crippen MR) is 55.5 cm³/mol. The van der Waals surface area contributed by atoms with Crippen molar-refractivity contribution in [1.29, 1.82) is 0 Å². The van der Waals surface area contributed by atoms with Crippen LogP contribution in [0.4, 0.5) is 0 Å². The van der Waals surface area contributed by atoms with E-state index in [1.54, 1.807) is 0 Å². The van der Waals surface area contributed by atoms with Gasteiger partial charge in [0, 0.05) is 6.04 Å². The molecule has 0 amide bonds. The van der Waals surface area contributed by atoms with Crippen LogP contribution in [0.3, 0.4) is 0 Å². The van der Waals surface area contributed by atoms with Crippen molar-refractivity contribution in [1.82, 2.24) is 5.32 Å². The molecule has 1 aliphatic rings. The highest BCUT2D eigenvalue weighted by Crippen LogP contribution is 2.25. The van der Waals surface area contributed by atoms with Crippen LogP contribution in [0.5, 0.6) is 0 Å². The molecule has 1 aliphatic heterocycles. The Balaban J connectivity index is 2.26. The van der Waals surface area contributed by atoms with Gasteiger partial charge >= 0.3 is 0 Å². The Bertz CT molecular complexity index is 280. The number of benzene rings is 1. The van der Waals surface area contributed by atoms with Crippen LogP contribution in [0.25, 0.3) is 0 Å². The van der Waals surface area contributed by atoms with Gasteiger partial charge in [0.05, 0.1) is 0 Å². The van der Waals surface area contributed by atoms with Crippen LogP contribution in [0, 0.1) is 6.92 Å². The second-order valence-corrected chi connectivity index (χ2v) is 3.60. The van der Waals surface area contributed by atoms with Gasteiger partial charge in [-0.05, 0) is 30.5 Å². The van der Waals surface area contributed by atoms with E-state index >= 15 is 0 Å². The Labute approximate surface area is 80.2 Å². The smallest absolute Gasteiger partial charge is 0.0323 e. The third kappa shape index (κ3) is 1.75. The summed E-state index contributed by atoms with van der Waals surface area (Å²) in [7, 11) is 0. The molecule has 1 aromatic rings. The van der Waals surface area contributed by atoms with E-state index in [4.69, 9.17) is 0 Å². The monoisotopic (exact) mass is 174 g/mol. The maximum atomic E-state index is 3.91. The second-order valence-electron chi connectivity index (χ2n) is 3.60. The predicted octanol–water partition coefficient (Wildman–Crippen LogP) is 2.49. The van der Waals surface area contributed by atoms with Crippen molar-refractivity contribution in [2.45, 2.75) is 25.3 Å². The fraction of sp³-hybridized carbons (Fsp3) is 0.417. The Kier molecular flexibility index (Phi) is 2.65. The number of nitrogens with one attached hydrogen (secondary N) is 1. The van der Waals surface area contributed by atoms with Gasteiger partial charge in [0.2, 0.25) is 0 Å². The zero-order valence-corrected chi connectivity index (χ0v) is 7.92. The van der Waals surface area contributed by atoms with E-state index in [1.807, 2.05) is 0 Å². The van der Waals surface area contributed by atoms with Gasteiger partial charge in [-0.2, -0.15) is 0 Å². The molecule has 0 saturated heterocycles. The maximum absolute atomic E-state index is 3.91. The van der Waals surface area contributed by atoms with Crippen molar-refractivity contribution in [2.75, 3.05) is 6.54 Å². The highest BCUT2D eigenvalue weighted by molar-refractivity contribution is 5.32. The van der Waals surface area contributed by atoms with Crippen LogP contribution in [0.2, 0.25) is 0 Å². The van der Waals surface area contributed by atoms with Crippen molar-refractivity contribution in [2.24, 2.45) is 0 Å². The summed E-state index contributed by atoms with van der Waals surface area (Å²) in [6.45, 7) is 5.03. The van der Waals surface area contributed by atoms with E-state index in [-0.39, 0.29) is 0 Å². The highest BCUT2D eigenvalue weighted by Gasteiger charge is 2.17. The van der Waals surface area contributed by atoms with E-state index < -0.39 is 0 Å². The lowest BCUT2D eigenvalue weighted by atomic mass is 9.92. The molecule has 0 fully saturated rings. The molecule has 13 heavy (non-hydrogen) atoms. The Morgan fingerprint density at radius 3 is 3.08 bits per heavy atom. The fourth-order valence-electron chi connectivity index (χ4n) is 2.05. The molecule has 1 heteroatoms. The summed E-state index contributed by atoms with van der Waals surface area (Å²) in [5.74, 6) is 0. The van der Waals surface area contributed by atoms with Gasteiger partial charge in [0.25, 0.3) is 0 Å². The SMILES string of the molecule is [CH2]CCC1NCCc2ccccc21. The summed E-state index contributed by atoms with van der Waals surface area (Å²) in [5.41, 5.74) is 3.00. The molecular formula is C12H16N. The van der Waals surface area contributed by atoms with Gasteiger partial charge < -0.3 is 5.32 Å². The minimum absolute atomic E-state index is 0.544. The van der Waals surface area contributed by atoms with Crippen LogP contribution in [-0.2, 0) is 6.42 Å². The third-order valence-electron chi connectivity index (χ3n) is 2.71. The Morgan fingerprint density at radius 1 is 1.38 bits per heavy atom. The van der Waals surface area contributed by atoms with E-state index in [0.717, 1.165) is 19.4 Å². The summed E-state index contributed by atoms with van der Waals surface area (Å²) < 4.78 is 0. The first kappa shape index (κ1) is 8.76. The molecule has 1 N–H and O–H groups in total. The molecule has 0 bridgehead atoms. The lowest BCUT2D eigenvalue weighted by Gasteiger charge is -2.26. The second kappa shape index (κ2) is 3.93. The first-order chi connectivity index (χ1) is 6.42. The number of fused-ring (bicyclic) bond motifs is 1. The van der Waals surface area contributed by atoms with Gasteiger partial charge in [0.1, 0.15) is 0 Å². The van der Waals surface area contributed by atoms with Crippen LogP contribution in [-0.4, -0.2) is 6.54 Å². The molecule has 0 aliphatic carbocycles. The van der Waals surface area contributed by atoms with Crippen molar-refractivity contribution >= 4 is 0 Å². The van der Waals surface area contributed by atoms with Crippen molar-refractivity contribution in [3.05, 3.63) is 42.3 Å².